The van der Waals surface area contributed by atoms with Gasteiger partial charge in [-0.2, -0.15) is 0 Å². The fourth-order valence-electron chi connectivity index (χ4n) is 5.60. The number of aryl methyl sites for hydroxylation is 1. The molecule has 10 nitrogen and oxygen atoms in total. The molecule has 0 bridgehead atoms. The van der Waals surface area contributed by atoms with Gasteiger partial charge in [-0.15, -0.1) is 0 Å². The van der Waals surface area contributed by atoms with Gasteiger partial charge in [-0.3, -0.25) is 4.79 Å². The molecule has 2 N–H and O–H groups in total. The second kappa shape index (κ2) is 18.8. The lowest BCUT2D eigenvalue weighted by molar-refractivity contribution is -0.124. The molecule has 0 saturated carbocycles. The van der Waals surface area contributed by atoms with Crippen molar-refractivity contribution in [3.63, 3.8) is 0 Å². The van der Waals surface area contributed by atoms with Gasteiger partial charge in [0.25, 0.3) is 0 Å². The third-order valence-corrected chi connectivity index (χ3v) is 8.05. The van der Waals surface area contributed by atoms with Crippen molar-refractivity contribution in [3.8, 4) is 11.5 Å². The van der Waals surface area contributed by atoms with Crippen molar-refractivity contribution in [1.29, 1.82) is 0 Å². The standard InChI is InChI=1S/C36H46N2O8/c1-42-21-8-7-11-28-10-3-5-13-32(28)37-35(39)26-46-34-24-38(36(40)41)20-19-31(34)27-15-17-30(18-16-27)45-23-9-22-44-25-29-12-4-6-14-33(29)43-2/h3-6,10,12-18,31,34H,7-9,11,19-26H2,1-2H3,(H,37,39)(H,40,41). The maximum absolute atomic E-state index is 12.9. The summed E-state index contributed by atoms with van der Waals surface area (Å²) in [5.41, 5.74) is 3.85. The van der Waals surface area contributed by atoms with Crippen molar-refractivity contribution in [2.75, 3.05) is 59.1 Å². The first-order valence-electron chi connectivity index (χ1n) is 15.9. The van der Waals surface area contributed by atoms with Gasteiger partial charge in [-0.05, 0) is 61.1 Å². The molecule has 2 amide bonds. The number of para-hydroxylation sites is 2. The van der Waals surface area contributed by atoms with E-state index >= 15 is 0 Å². The van der Waals surface area contributed by atoms with Crippen LogP contribution < -0.4 is 14.8 Å². The van der Waals surface area contributed by atoms with Gasteiger partial charge in [0.05, 0.1) is 39.6 Å². The van der Waals surface area contributed by atoms with Crippen molar-refractivity contribution < 1.29 is 38.4 Å². The van der Waals surface area contributed by atoms with Crippen LogP contribution in [0.3, 0.4) is 0 Å². The van der Waals surface area contributed by atoms with Crippen LogP contribution >= 0.6 is 0 Å². The molecule has 0 spiro atoms. The molecule has 0 aromatic heterocycles. The Bertz CT molecular complexity index is 1370. The second-order valence-electron chi connectivity index (χ2n) is 11.3. The maximum atomic E-state index is 12.9. The van der Waals surface area contributed by atoms with Gasteiger partial charge < -0.3 is 39.0 Å². The first-order chi connectivity index (χ1) is 22.5. The van der Waals surface area contributed by atoms with Gasteiger partial charge in [0.15, 0.2) is 0 Å². The van der Waals surface area contributed by atoms with Crippen LogP contribution in [-0.4, -0.2) is 81.8 Å². The highest BCUT2D eigenvalue weighted by atomic mass is 16.5. The van der Waals surface area contributed by atoms with E-state index in [1.165, 1.54) is 4.90 Å². The van der Waals surface area contributed by atoms with Gasteiger partial charge in [-0.25, -0.2) is 4.79 Å². The van der Waals surface area contributed by atoms with Crippen LogP contribution in [0.2, 0.25) is 0 Å². The largest absolute Gasteiger partial charge is 0.496 e. The minimum absolute atomic E-state index is 0.0612. The molecule has 4 rings (SSSR count). The van der Waals surface area contributed by atoms with E-state index in [1.54, 1.807) is 14.2 Å². The summed E-state index contributed by atoms with van der Waals surface area (Å²) in [4.78, 5) is 26.0. The van der Waals surface area contributed by atoms with E-state index in [1.807, 2.05) is 72.8 Å². The number of likely N-dealkylation sites (tertiary alicyclic amines) is 1. The molecule has 1 fully saturated rings. The number of carbonyl (C=O) groups is 2. The Balaban J connectivity index is 1.26. The summed E-state index contributed by atoms with van der Waals surface area (Å²) in [6, 6.07) is 23.4. The van der Waals surface area contributed by atoms with E-state index in [9.17, 15) is 14.7 Å². The summed E-state index contributed by atoms with van der Waals surface area (Å²) in [5.74, 6) is 1.23. The highest BCUT2D eigenvalue weighted by Gasteiger charge is 2.33. The molecule has 2 atom stereocenters. The molecular weight excluding hydrogens is 588 g/mol. The third kappa shape index (κ3) is 10.8. The molecular formula is C36H46N2O8. The Morgan fingerprint density at radius 2 is 1.65 bits per heavy atom. The zero-order chi connectivity index (χ0) is 32.6. The molecule has 0 aliphatic carbocycles. The first kappa shape index (κ1) is 34.7. The Morgan fingerprint density at radius 3 is 2.41 bits per heavy atom. The number of carbonyl (C=O) groups excluding carboxylic acids is 1. The SMILES string of the molecule is COCCCCc1ccccc1NC(=O)COC1CN(C(=O)O)CCC1c1ccc(OCCCOCc2ccccc2OC)cc1. The minimum Gasteiger partial charge on any atom is -0.496 e. The number of methoxy groups -OCH3 is 2. The van der Waals surface area contributed by atoms with Gasteiger partial charge >= 0.3 is 6.09 Å². The highest BCUT2D eigenvalue weighted by Crippen LogP contribution is 2.32. The lowest BCUT2D eigenvalue weighted by Crippen LogP contribution is -2.47. The first-order valence-corrected chi connectivity index (χ1v) is 15.9. The lowest BCUT2D eigenvalue weighted by Gasteiger charge is -2.37. The van der Waals surface area contributed by atoms with Crippen molar-refractivity contribution in [1.82, 2.24) is 4.90 Å². The smallest absolute Gasteiger partial charge is 0.407 e. The van der Waals surface area contributed by atoms with Crippen LogP contribution in [0.1, 0.15) is 48.3 Å². The van der Waals surface area contributed by atoms with Crippen LogP contribution in [0.25, 0.3) is 0 Å². The fourth-order valence-corrected chi connectivity index (χ4v) is 5.60. The number of nitrogens with zero attached hydrogens (tertiary/aromatic N) is 1. The van der Waals surface area contributed by atoms with E-state index in [0.717, 1.165) is 59.6 Å². The number of benzene rings is 3. The lowest BCUT2D eigenvalue weighted by atomic mass is 9.87. The summed E-state index contributed by atoms with van der Waals surface area (Å²) >= 11 is 0. The fraction of sp³-hybridized carbons (Fsp3) is 0.444. The Labute approximate surface area is 271 Å². The summed E-state index contributed by atoms with van der Waals surface area (Å²) in [5, 5.41) is 12.6. The predicted molar refractivity (Wildman–Crippen MR) is 176 cm³/mol. The molecule has 1 aliphatic heterocycles. The molecule has 0 radical (unpaired) electrons. The number of amides is 2. The molecule has 248 valence electrons. The summed E-state index contributed by atoms with van der Waals surface area (Å²) in [6.45, 7) is 2.67. The van der Waals surface area contributed by atoms with Gasteiger partial charge in [0, 0.05) is 43.9 Å². The molecule has 1 aliphatic rings. The Kier molecular flexibility index (Phi) is 14.2. The topological polar surface area (TPSA) is 116 Å². The quantitative estimate of drug-likeness (QED) is 0.160. The molecule has 10 heteroatoms. The number of ether oxygens (including phenoxy) is 5. The number of hydrogen-bond donors (Lipinski definition) is 2. The molecule has 3 aromatic rings. The highest BCUT2D eigenvalue weighted by molar-refractivity contribution is 5.92. The number of rotatable bonds is 18. The van der Waals surface area contributed by atoms with E-state index < -0.39 is 12.2 Å². The van der Waals surface area contributed by atoms with Crippen molar-refractivity contribution in [2.24, 2.45) is 0 Å². The van der Waals surface area contributed by atoms with Crippen LogP contribution in [0, 0.1) is 0 Å². The summed E-state index contributed by atoms with van der Waals surface area (Å²) in [6.07, 6.45) is 2.60. The normalized spacial score (nSPS) is 16.2. The number of hydrogen-bond acceptors (Lipinski definition) is 7. The molecule has 1 heterocycles. The number of piperidine rings is 1. The molecule has 2 unspecified atom stereocenters. The maximum Gasteiger partial charge on any atom is 0.407 e. The van der Waals surface area contributed by atoms with Crippen LogP contribution in [0.4, 0.5) is 10.5 Å². The molecule has 1 saturated heterocycles. The Morgan fingerprint density at radius 1 is 0.891 bits per heavy atom. The second-order valence-corrected chi connectivity index (χ2v) is 11.3. The average molecular weight is 635 g/mol. The van der Waals surface area contributed by atoms with Gasteiger partial charge in [-0.1, -0.05) is 48.5 Å². The van der Waals surface area contributed by atoms with E-state index in [2.05, 4.69) is 5.32 Å². The van der Waals surface area contributed by atoms with Gasteiger partial charge in [0.2, 0.25) is 5.91 Å². The zero-order valence-corrected chi connectivity index (χ0v) is 26.8. The summed E-state index contributed by atoms with van der Waals surface area (Å²) < 4.78 is 28.3. The average Bonchev–Trinajstić information content (AvgIpc) is 3.08. The number of anilines is 1. The van der Waals surface area contributed by atoms with Crippen molar-refractivity contribution in [2.45, 2.75) is 50.7 Å². The number of carboxylic acid groups (broad SMARTS) is 1. The predicted octanol–water partition coefficient (Wildman–Crippen LogP) is 6.14. The van der Waals surface area contributed by atoms with Crippen molar-refractivity contribution in [3.05, 3.63) is 89.5 Å². The van der Waals surface area contributed by atoms with E-state index in [0.29, 0.717) is 39.4 Å². The van der Waals surface area contributed by atoms with Crippen LogP contribution in [0.15, 0.2) is 72.8 Å². The van der Waals surface area contributed by atoms with Crippen molar-refractivity contribution >= 4 is 17.7 Å². The third-order valence-electron chi connectivity index (χ3n) is 8.05. The van der Waals surface area contributed by atoms with Gasteiger partial charge in [0.1, 0.15) is 18.1 Å². The molecule has 3 aromatic carbocycles. The van der Waals surface area contributed by atoms with E-state index in [-0.39, 0.29) is 25.0 Å². The van der Waals surface area contributed by atoms with E-state index in [4.69, 9.17) is 23.7 Å². The monoisotopic (exact) mass is 634 g/mol. The number of unbranched alkanes of at least 4 members (excludes halogenated alkanes) is 1. The zero-order valence-electron chi connectivity index (χ0n) is 26.8. The minimum atomic E-state index is -0.991. The molecule has 46 heavy (non-hydrogen) atoms. The van der Waals surface area contributed by atoms with Crippen LogP contribution in [-0.2, 0) is 32.0 Å². The number of nitrogens with one attached hydrogen (secondary N) is 1. The summed E-state index contributed by atoms with van der Waals surface area (Å²) in [7, 11) is 3.34. The Hall–Kier alpha value is -4.12. The van der Waals surface area contributed by atoms with Crippen LogP contribution in [0.5, 0.6) is 11.5 Å².